The molecule has 10 aromatic carbocycles. The molecule has 0 atom stereocenters. The Morgan fingerprint density at radius 3 is 1.10 bits per heavy atom. The zero-order valence-electron chi connectivity index (χ0n) is 43.1. The first-order valence-corrected chi connectivity index (χ1v) is 25.3. The van der Waals surface area contributed by atoms with Crippen LogP contribution in [0.3, 0.4) is 0 Å². The van der Waals surface area contributed by atoms with E-state index in [0.717, 1.165) is 66.0 Å². The maximum absolute atomic E-state index is 6.20. The topological polar surface area (TPSA) is 51.4 Å². The lowest BCUT2D eigenvalue weighted by Gasteiger charge is -2.11. The third-order valence-corrected chi connectivity index (χ3v) is 13.9. The highest BCUT2D eigenvalue weighted by Crippen LogP contribution is 2.39. The molecular formula is C67H60N4O2. The van der Waals surface area contributed by atoms with Crippen LogP contribution < -0.4 is 10.2 Å². The molecule has 14 aromatic rings. The number of aromatic nitrogens is 2. The van der Waals surface area contributed by atoms with Gasteiger partial charge < -0.3 is 28.2 Å². The summed E-state index contributed by atoms with van der Waals surface area (Å²) in [6.45, 7) is 12.6. The molecule has 0 radical (unpaired) electrons. The van der Waals surface area contributed by atoms with Crippen LogP contribution in [0.15, 0.2) is 203 Å². The largest absolute Gasteiger partial charge is 0.456 e. The van der Waals surface area contributed by atoms with Crippen molar-refractivity contribution < 1.29 is 8.83 Å². The predicted octanol–water partition coefficient (Wildman–Crippen LogP) is 18.6. The van der Waals surface area contributed by atoms with Crippen molar-refractivity contribution in [2.45, 2.75) is 41.5 Å². The number of nitrogens with one attached hydrogen (secondary N) is 1. The molecule has 0 bridgehead atoms. The normalized spacial score (nSPS) is 11.4. The molecule has 4 heterocycles. The summed E-state index contributed by atoms with van der Waals surface area (Å²) < 4.78 is 17.1. The number of furan rings is 2. The summed E-state index contributed by atoms with van der Waals surface area (Å²) in [6.07, 6.45) is 0. The highest BCUT2D eigenvalue weighted by Gasteiger charge is 2.16. The molecule has 0 unspecified atom stereocenters. The Bertz CT molecular complexity index is 4060. The molecule has 0 aliphatic carbocycles. The molecule has 0 saturated heterocycles. The van der Waals surface area contributed by atoms with Gasteiger partial charge in [-0.2, -0.15) is 0 Å². The van der Waals surface area contributed by atoms with Gasteiger partial charge in [-0.15, -0.1) is 0 Å². The fourth-order valence-corrected chi connectivity index (χ4v) is 10.8. The van der Waals surface area contributed by atoms with Crippen molar-refractivity contribution in [1.82, 2.24) is 9.13 Å². The van der Waals surface area contributed by atoms with E-state index in [2.05, 4.69) is 235 Å². The number of aryl methyl sites for hydroxylation is 4. The van der Waals surface area contributed by atoms with Crippen LogP contribution in [0.2, 0.25) is 0 Å². The predicted molar refractivity (Wildman–Crippen MR) is 314 cm³/mol. The van der Waals surface area contributed by atoms with Gasteiger partial charge in [0.05, 0.1) is 22.1 Å². The smallest absolute Gasteiger partial charge is 0.137 e. The van der Waals surface area contributed by atoms with Crippen LogP contribution in [0.5, 0.6) is 0 Å². The Hall–Kier alpha value is -8.74. The van der Waals surface area contributed by atoms with Crippen molar-refractivity contribution in [2.75, 3.05) is 31.4 Å². The SMILES string of the molecule is CC.CNc1ccc2c(c1)oc1cc3cc4c(cc3cc12)oc1cc(N(C)C)ccc14.Cc1cc(C)cc(-n2c3ccccc3c3ccccc32)c1.Cc1cc(C)cc(-n2c3ccccc3c3ccccc32)c1. The van der Waals surface area contributed by atoms with Gasteiger partial charge in [-0.1, -0.05) is 98.8 Å². The highest BCUT2D eigenvalue weighted by atomic mass is 16.3. The molecule has 0 saturated carbocycles. The van der Waals surface area contributed by atoms with Crippen LogP contribution in [-0.2, 0) is 0 Å². The summed E-state index contributed by atoms with van der Waals surface area (Å²) in [5.74, 6) is 0. The van der Waals surface area contributed by atoms with Crippen molar-refractivity contribution in [3.8, 4) is 11.4 Å². The Labute approximate surface area is 426 Å². The molecule has 0 fully saturated rings. The molecule has 360 valence electrons. The van der Waals surface area contributed by atoms with Gasteiger partial charge >= 0.3 is 0 Å². The number of anilines is 2. The summed E-state index contributed by atoms with van der Waals surface area (Å²) in [6, 6.07) is 69.3. The van der Waals surface area contributed by atoms with E-state index < -0.39 is 0 Å². The lowest BCUT2D eigenvalue weighted by Crippen LogP contribution is -2.07. The Morgan fingerprint density at radius 2 is 0.712 bits per heavy atom. The highest BCUT2D eigenvalue weighted by molar-refractivity contribution is 6.16. The number of fused-ring (bicyclic) bond motifs is 13. The third kappa shape index (κ3) is 8.49. The van der Waals surface area contributed by atoms with E-state index in [0.29, 0.717) is 0 Å². The lowest BCUT2D eigenvalue weighted by atomic mass is 10.0. The van der Waals surface area contributed by atoms with Crippen LogP contribution in [0.4, 0.5) is 11.4 Å². The zero-order valence-corrected chi connectivity index (χ0v) is 43.1. The minimum Gasteiger partial charge on any atom is -0.456 e. The Balaban J connectivity index is 0.000000118. The van der Waals surface area contributed by atoms with E-state index in [1.54, 1.807) is 0 Å². The first kappa shape index (κ1) is 46.6. The molecule has 0 spiro atoms. The molecule has 73 heavy (non-hydrogen) atoms. The van der Waals surface area contributed by atoms with Gasteiger partial charge in [0.15, 0.2) is 0 Å². The minimum atomic E-state index is 0.896. The van der Waals surface area contributed by atoms with Gasteiger partial charge in [0.2, 0.25) is 0 Å². The summed E-state index contributed by atoms with van der Waals surface area (Å²) in [7, 11) is 5.99. The number of para-hydroxylation sites is 4. The van der Waals surface area contributed by atoms with E-state index in [-0.39, 0.29) is 0 Å². The minimum absolute atomic E-state index is 0.896. The molecule has 6 nitrogen and oxygen atoms in total. The van der Waals surface area contributed by atoms with E-state index >= 15 is 0 Å². The van der Waals surface area contributed by atoms with E-state index in [9.17, 15) is 0 Å². The van der Waals surface area contributed by atoms with Crippen LogP contribution in [0, 0.1) is 27.7 Å². The average molecular weight is 953 g/mol. The first-order valence-electron chi connectivity index (χ1n) is 25.3. The molecule has 0 aliphatic heterocycles. The molecule has 14 rings (SSSR count). The van der Waals surface area contributed by atoms with Gasteiger partial charge in [-0.05, 0) is 158 Å². The quantitative estimate of drug-likeness (QED) is 0.191. The second-order valence-electron chi connectivity index (χ2n) is 19.2. The molecule has 0 aliphatic rings. The Kier molecular flexibility index (Phi) is 12.2. The number of hydrogen-bond donors (Lipinski definition) is 1. The van der Waals surface area contributed by atoms with Gasteiger partial charge in [0, 0.05) is 99.1 Å². The van der Waals surface area contributed by atoms with Crippen molar-refractivity contribution in [2.24, 2.45) is 0 Å². The molecule has 1 N–H and O–H groups in total. The third-order valence-electron chi connectivity index (χ3n) is 13.9. The molecule has 4 aromatic heterocycles. The summed E-state index contributed by atoms with van der Waals surface area (Å²) >= 11 is 0. The Morgan fingerprint density at radius 1 is 0.356 bits per heavy atom. The lowest BCUT2D eigenvalue weighted by molar-refractivity contribution is 0.668. The fraction of sp³-hybridized carbons (Fsp3) is 0.134. The first-order chi connectivity index (χ1) is 35.6. The summed E-state index contributed by atoms with van der Waals surface area (Å²) in [5, 5.41) is 15.2. The number of rotatable bonds is 4. The summed E-state index contributed by atoms with van der Waals surface area (Å²) in [5.41, 5.74) is 18.5. The number of benzene rings is 10. The maximum Gasteiger partial charge on any atom is 0.137 e. The zero-order chi connectivity index (χ0) is 50.5. The maximum atomic E-state index is 6.20. The summed E-state index contributed by atoms with van der Waals surface area (Å²) in [4.78, 5) is 2.09. The number of nitrogens with zero attached hydrogens (tertiary/aromatic N) is 3. The molecule has 6 heteroatoms. The van der Waals surface area contributed by atoms with Crippen LogP contribution in [0.25, 0.3) is 110 Å². The van der Waals surface area contributed by atoms with Gasteiger partial charge in [0.1, 0.15) is 22.3 Å². The van der Waals surface area contributed by atoms with Gasteiger partial charge in [-0.25, -0.2) is 0 Å². The fourth-order valence-electron chi connectivity index (χ4n) is 10.8. The van der Waals surface area contributed by atoms with Crippen LogP contribution in [-0.4, -0.2) is 30.3 Å². The van der Waals surface area contributed by atoms with Crippen LogP contribution >= 0.6 is 0 Å². The van der Waals surface area contributed by atoms with Crippen LogP contribution in [0.1, 0.15) is 36.1 Å². The molecular weight excluding hydrogens is 893 g/mol. The molecule has 0 amide bonds. The second kappa shape index (κ2) is 19.1. The van der Waals surface area contributed by atoms with Gasteiger partial charge in [0.25, 0.3) is 0 Å². The van der Waals surface area contributed by atoms with Crippen molar-refractivity contribution in [3.05, 3.63) is 216 Å². The van der Waals surface area contributed by atoms with E-state index in [1.807, 2.05) is 41.1 Å². The van der Waals surface area contributed by atoms with E-state index in [1.165, 1.54) is 77.2 Å². The van der Waals surface area contributed by atoms with Gasteiger partial charge in [-0.3, -0.25) is 0 Å². The van der Waals surface area contributed by atoms with Crippen molar-refractivity contribution in [1.29, 1.82) is 0 Å². The number of hydrogen-bond acceptors (Lipinski definition) is 4. The van der Waals surface area contributed by atoms with Crippen molar-refractivity contribution in [3.63, 3.8) is 0 Å². The monoisotopic (exact) mass is 952 g/mol. The van der Waals surface area contributed by atoms with E-state index in [4.69, 9.17) is 8.83 Å². The standard InChI is InChI=1S/C25H20N2O2.2C20H17N.C2H6/c1-26-16-4-6-18-20-8-14-11-23-21(9-15(14)10-22(20)28-24(18)12-16)19-7-5-17(27(2)3)13-25(19)29-23;2*1-14-11-15(2)13-16(12-14)21-19-9-5-3-7-17(19)18-8-4-6-10-20(18)21;1-2/h4-13,26H,1-3H3;2*3-13H,1-2H3;1-2H3. The second-order valence-corrected chi connectivity index (χ2v) is 19.2. The van der Waals surface area contributed by atoms with Crippen molar-refractivity contribution >= 4 is 110 Å². The average Bonchev–Trinajstić information content (AvgIpc) is 4.14.